The van der Waals surface area contributed by atoms with Crippen molar-refractivity contribution < 1.29 is 9.67 Å². The van der Waals surface area contributed by atoms with E-state index < -0.39 is 0 Å². The third kappa shape index (κ3) is 2.73. The predicted molar refractivity (Wildman–Crippen MR) is 62.7 cm³/mol. The van der Waals surface area contributed by atoms with Gasteiger partial charge in [0.15, 0.2) is 0 Å². The number of imidazole rings is 1. The summed E-state index contributed by atoms with van der Waals surface area (Å²) < 4.78 is 3.90. The molecule has 0 spiro atoms. The highest BCUT2D eigenvalue weighted by atomic mass is 16.3. The molecule has 0 unspecified atom stereocenters. The van der Waals surface area contributed by atoms with E-state index in [4.69, 9.17) is 5.11 Å². The Kier molecular flexibility index (Phi) is 3.05. The van der Waals surface area contributed by atoms with E-state index in [2.05, 4.69) is 16.7 Å². The molecule has 0 saturated heterocycles. The highest BCUT2D eigenvalue weighted by Gasteiger charge is 2.02. The third-order valence-corrected chi connectivity index (χ3v) is 2.26. The fourth-order valence-electron chi connectivity index (χ4n) is 1.59. The van der Waals surface area contributed by atoms with Crippen LogP contribution in [0.1, 0.15) is 12.5 Å². The SMILES string of the molecule is C/C(O)=C\n1cc[n+](Cc2ccccc2)c1. The Hall–Kier alpha value is -2.03. The van der Waals surface area contributed by atoms with Gasteiger partial charge in [-0.15, -0.1) is 0 Å². The highest BCUT2D eigenvalue weighted by Crippen LogP contribution is 1.98. The van der Waals surface area contributed by atoms with E-state index in [1.165, 1.54) is 5.56 Å². The van der Waals surface area contributed by atoms with Gasteiger partial charge >= 0.3 is 0 Å². The molecule has 3 nitrogen and oxygen atoms in total. The molecule has 2 aromatic rings. The summed E-state index contributed by atoms with van der Waals surface area (Å²) in [4.78, 5) is 0. The van der Waals surface area contributed by atoms with E-state index in [0.717, 1.165) is 6.54 Å². The molecule has 1 heterocycles. The average Bonchev–Trinajstić information content (AvgIpc) is 2.66. The molecule has 1 aromatic carbocycles. The Morgan fingerprint density at radius 3 is 2.81 bits per heavy atom. The quantitative estimate of drug-likeness (QED) is 0.617. The monoisotopic (exact) mass is 215 g/mol. The molecule has 0 saturated carbocycles. The Morgan fingerprint density at radius 1 is 1.38 bits per heavy atom. The summed E-state index contributed by atoms with van der Waals surface area (Å²) in [6.45, 7) is 2.49. The van der Waals surface area contributed by atoms with Gasteiger partial charge in [0, 0.05) is 0 Å². The van der Waals surface area contributed by atoms with Gasteiger partial charge in [-0.3, -0.25) is 0 Å². The zero-order valence-electron chi connectivity index (χ0n) is 9.24. The standard InChI is InChI=1S/C13H14N2O/c1-12(16)9-14-7-8-15(11-14)10-13-5-3-2-4-6-13/h2-9,11H,10H2,1H3/p+1/b12-9+. The summed E-state index contributed by atoms with van der Waals surface area (Å²) in [6, 6.07) is 10.3. The molecule has 0 amide bonds. The maximum absolute atomic E-state index is 9.14. The van der Waals surface area contributed by atoms with E-state index in [1.54, 1.807) is 13.1 Å². The molecule has 16 heavy (non-hydrogen) atoms. The van der Waals surface area contributed by atoms with Crippen molar-refractivity contribution in [2.75, 3.05) is 0 Å². The molecule has 0 aliphatic carbocycles. The number of aliphatic hydroxyl groups excluding tert-OH is 1. The Labute approximate surface area is 94.9 Å². The number of rotatable bonds is 3. The second kappa shape index (κ2) is 4.66. The first-order chi connectivity index (χ1) is 7.74. The van der Waals surface area contributed by atoms with Crippen molar-refractivity contribution in [2.24, 2.45) is 0 Å². The van der Waals surface area contributed by atoms with Crippen molar-refractivity contribution in [3.8, 4) is 0 Å². The van der Waals surface area contributed by atoms with Gasteiger partial charge in [-0.25, -0.2) is 9.13 Å². The summed E-state index contributed by atoms with van der Waals surface area (Å²) >= 11 is 0. The van der Waals surface area contributed by atoms with Crippen LogP contribution in [0, 0.1) is 0 Å². The number of nitrogens with zero attached hydrogens (tertiary/aromatic N) is 2. The van der Waals surface area contributed by atoms with Gasteiger partial charge in [-0.05, 0) is 12.5 Å². The number of hydrogen-bond donors (Lipinski definition) is 1. The number of aliphatic hydroxyl groups is 1. The maximum atomic E-state index is 9.14. The first kappa shape index (κ1) is 10.5. The van der Waals surface area contributed by atoms with Crippen LogP contribution >= 0.6 is 0 Å². The number of hydrogen-bond acceptors (Lipinski definition) is 1. The lowest BCUT2D eigenvalue weighted by Gasteiger charge is -1.95. The lowest BCUT2D eigenvalue weighted by molar-refractivity contribution is -0.687. The molecule has 1 aromatic heterocycles. The molecule has 0 radical (unpaired) electrons. The van der Waals surface area contributed by atoms with Crippen molar-refractivity contribution in [2.45, 2.75) is 13.5 Å². The fourth-order valence-corrected chi connectivity index (χ4v) is 1.59. The molecule has 3 heteroatoms. The van der Waals surface area contributed by atoms with Crippen LogP contribution in [0.2, 0.25) is 0 Å². The van der Waals surface area contributed by atoms with Crippen molar-refractivity contribution in [1.82, 2.24) is 4.57 Å². The molecular weight excluding hydrogens is 200 g/mol. The van der Waals surface area contributed by atoms with Gasteiger partial charge in [0.1, 0.15) is 30.9 Å². The first-order valence-corrected chi connectivity index (χ1v) is 5.22. The van der Waals surface area contributed by atoms with Crippen molar-refractivity contribution >= 4 is 6.20 Å². The maximum Gasteiger partial charge on any atom is 0.248 e. The van der Waals surface area contributed by atoms with Gasteiger partial charge in [0.25, 0.3) is 0 Å². The zero-order chi connectivity index (χ0) is 11.4. The van der Waals surface area contributed by atoms with Gasteiger partial charge in [-0.1, -0.05) is 30.3 Å². The molecule has 0 aliphatic heterocycles. The highest BCUT2D eigenvalue weighted by molar-refractivity contribution is 5.23. The predicted octanol–water partition coefficient (Wildman–Crippen LogP) is 2.20. The number of aromatic nitrogens is 2. The fraction of sp³-hybridized carbons (Fsp3) is 0.154. The zero-order valence-corrected chi connectivity index (χ0v) is 9.24. The van der Waals surface area contributed by atoms with Gasteiger partial charge in [-0.2, -0.15) is 0 Å². The van der Waals surface area contributed by atoms with E-state index in [1.807, 2.05) is 41.5 Å². The average molecular weight is 215 g/mol. The molecule has 2 rings (SSSR count). The van der Waals surface area contributed by atoms with Crippen LogP contribution in [0.4, 0.5) is 0 Å². The summed E-state index contributed by atoms with van der Waals surface area (Å²) in [5, 5.41) is 9.14. The number of benzene rings is 1. The Balaban J connectivity index is 2.12. The van der Waals surface area contributed by atoms with Gasteiger partial charge in [0.05, 0.1) is 0 Å². The van der Waals surface area contributed by atoms with Crippen LogP contribution in [0.3, 0.4) is 0 Å². The van der Waals surface area contributed by atoms with E-state index in [9.17, 15) is 0 Å². The van der Waals surface area contributed by atoms with Crippen molar-refractivity contribution in [1.29, 1.82) is 0 Å². The molecule has 0 aliphatic rings. The van der Waals surface area contributed by atoms with Crippen LogP contribution < -0.4 is 4.57 Å². The molecule has 0 bridgehead atoms. The largest absolute Gasteiger partial charge is 0.509 e. The van der Waals surface area contributed by atoms with Crippen LogP contribution in [-0.4, -0.2) is 9.67 Å². The topological polar surface area (TPSA) is 29.0 Å². The van der Waals surface area contributed by atoms with Crippen LogP contribution in [0.5, 0.6) is 0 Å². The minimum Gasteiger partial charge on any atom is -0.509 e. The molecule has 82 valence electrons. The van der Waals surface area contributed by atoms with Crippen LogP contribution in [0.25, 0.3) is 6.20 Å². The van der Waals surface area contributed by atoms with Crippen LogP contribution in [0.15, 0.2) is 54.8 Å². The molecule has 1 N–H and O–H groups in total. The van der Waals surface area contributed by atoms with E-state index in [0.29, 0.717) is 5.76 Å². The lowest BCUT2D eigenvalue weighted by Crippen LogP contribution is -2.31. The van der Waals surface area contributed by atoms with E-state index >= 15 is 0 Å². The third-order valence-electron chi connectivity index (χ3n) is 2.26. The minimum atomic E-state index is 0.294. The minimum absolute atomic E-state index is 0.294. The van der Waals surface area contributed by atoms with Crippen molar-refractivity contribution in [3.05, 3.63) is 60.4 Å². The Bertz CT molecular complexity index is 482. The van der Waals surface area contributed by atoms with E-state index in [-0.39, 0.29) is 0 Å². The summed E-state index contributed by atoms with van der Waals surface area (Å²) in [6.07, 6.45) is 7.49. The van der Waals surface area contributed by atoms with Crippen molar-refractivity contribution in [3.63, 3.8) is 0 Å². The first-order valence-electron chi connectivity index (χ1n) is 5.22. The second-order valence-corrected chi connectivity index (χ2v) is 3.79. The summed E-state index contributed by atoms with van der Waals surface area (Å²) in [5.41, 5.74) is 1.26. The van der Waals surface area contributed by atoms with Gasteiger partial charge < -0.3 is 5.11 Å². The molecular formula is C13H15N2O+. The normalized spacial score (nSPS) is 11.7. The Morgan fingerprint density at radius 2 is 2.12 bits per heavy atom. The van der Waals surface area contributed by atoms with Gasteiger partial charge in [0.2, 0.25) is 6.33 Å². The number of allylic oxidation sites excluding steroid dienone is 1. The molecule has 0 atom stereocenters. The van der Waals surface area contributed by atoms with Crippen LogP contribution in [-0.2, 0) is 6.54 Å². The summed E-state index contributed by atoms with van der Waals surface area (Å²) in [5.74, 6) is 0.294. The summed E-state index contributed by atoms with van der Waals surface area (Å²) in [7, 11) is 0. The smallest absolute Gasteiger partial charge is 0.248 e. The molecule has 0 fully saturated rings. The second-order valence-electron chi connectivity index (χ2n) is 3.79. The lowest BCUT2D eigenvalue weighted by atomic mass is 10.2.